The van der Waals surface area contributed by atoms with Gasteiger partial charge in [-0.05, 0) is 30.5 Å². The van der Waals surface area contributed by atoms with Crippen molar-refractivity contribution in [2.24, 2.45) is 0 Å². The highest BCUT2D eigenvalue weighted by atomic mass is 32.2. The number of hydrogen-bond donors (Lipinski definition) is 2. The highest BCUT2D eigenvalue weighted by molar-refractivity contribution is 7.90. The third-order valence-corrected chi connectivity index (χ3v) is 4.08. The molecule has 2 amide bonds. The standard InChI is InChI=1S/C15H22N2O4S/c1-4-12-5-7-13(8-6-12)17-15(19)14(16-11(2)18)9-10-22(3,20)21/h5-8,14H,4,9-10H2,1-3H3,(H,16,18)(H,17,19). The van der Waals surface area contributed by atoms with Gasteiger partial charge in [0.2, 0.25) is 11.8 Å². The summed E-state index contributed by atoms with van der Waals surface area (Å²) in [7, 11) is -3.20. The second kappa shape index (κ2) is 7.93. The molecule has 0 heterocycles. The van der Waals surface area contributed by atoms with Crippen LogP contribution in [-0.2, 0) is 25.8 Å². The smallest absolute Gasteiger partial charge is 0.246 e. The summed E-state index contributed by atoms with van der Waals surface area (Å²) in [4.78, 5) is 23.4. The molecular weight excluding hydrogens is 304 g/mol. The average molecular weight is 326 g/mol. The van der Waals surface area contributed by atoms with E-state index in [0.717, 1.165) is 18.2 Å². The first kappa shape index (κ1) is 18.2. The molecule has 7 heteroatoms. The Morgan fingerprint density at radius 3 is 2.23 bits per heavy atom. The summed E-state index contributed by atoms with van der Waals surface area (Å²) in [5, 5.41) is 5.17. The van der Waals surface area contributed by atoms with Crippen LogP contribution in [0.3, 0.4) is 0 Å². The molecule has 0 spiro atoms. The van der Waals surface area contributed by atoms with Crippen molar-refractivity contribution in [3.05, 3.63) is 29.8 Å². The van der Waals surface area contributed by atoms with Crippen LogP contribution in [0.15, 0.2) is 24.3 Å². The van der Waals surface area contributed by atoms with E-state index >= 15 is 0 Å². The first-order chi connectivity index (χ1) is 10.2. The summed E-state index contributed by atoms with van der Waals surface area (Å²) in [6.45, 7) is 3.32. The van der Waals surface area contributed by atoms with E-state index in [1.54, 1.807) is 12.1 Å². The number of rotatable bonds is 7. The van der Waals surface area contributed by atoms with Crippen LogP contribution in [0.4, 0.5) is 5.69 Å². The minimum absolute atomic E-state index is 0.0390. The first-order valence-electron chi connectivity index (χ1n) is 7.06. The van der Waals surface area contributed by atoms with Crippen LogP contribution in [0.1, 0.15) is 25.8 Å². The highest BCUT2D eigenvalue weighted by Crippen LogP contribution is 2.11. The van der Waals surface area contributed by atoms with Crippen LogP contribution in [0.5, 0.6) is 0 Å². The Morgan fingerprint density at radius 1 is 1.18 bits per heavy atom. The van der Waals surface area contributed by atoms with Crippen LogP contribution >= 0.6 is 0 Å². The summed E-state index contributed by atoms with van der Waals surface area (Å²) in [5.41, 5.74) is 1.75. The Morgan fingerprint density at radius 2 is 1.77 bits per heavy atom. The number of hydrogen-bond acceptors (Lipinski definition) is 4. The van der Waals surface area contributed by atoms with Gasteiger partial charge >= 0.3 is 0 Å². The number of sulfone groups is 1. The van der Waals surface area contributed by atoms with E-state index in [9.17, 15) is 18.0 Å². The summed E-state index contributed by atoms with van der Waals surface area (Å²) in [6.07, 6.45) is 2.04. The van der Waals surface area contributed by atoms with Crippen LogP contribution in [0.25, 0.3) is 0 Å². The number of carbonyl (C=O) groups excluding carboxylic acids is 2. The Bertz CT molecular complexity index is 623. The van der Waals surface area contributed by atoms with Crippen molar-refractivity contribution in [2.75, 3.05) is 17.3 Å². The molecule has 0 aliphatic carbocycles. The van der Waals surface area contributed by atoms with Gasteiger partial charge in [-0.1, -0.05) is 19.1 Å². The molecule has 0 radical (unpaired) electrons. The van der Waals surface area contributed by atoms with Crippen molar-refractivity contribution < 1.29 is 18.0 Å². The van der Waals surface area contributed by atoms with Crippen LogP contribution in [0.2, 0.25) is 0 Å². The molecular formula is C15H22N2O4S. The fraction of sp³-hybridized carbons (Fsp3) is 0.467. The van der Waals surface area contributed by atoms with E-state index in [1.165, 1.54) is 6.92 Å². The molecule has 1 aromatic carbocycles. The molecule has 0 aliphatic heterocycles. The van der Waals surface area contributed by atoms with Gasteiger partial charge in [-0.15, -0.1) is 0 Å². The lowest BCUT2D eigenvalue weighted by Crippen LogP contribution is -2.43. The van der Waals surface area contributed by atoms with Crippen LogP contribution in [-0.4, -0.2) is 38.3 Å². The van der Waals surface area contributed by atoms with Crippen molar-refractivity contribution in [3.8, 4) is 0 Å². The van der Waals surface area contributed by atoms with E-state index in [0.29, 0.717) is 5.69 Å². The van der Waals surface area contributed by atoms with Gasteiger partial charge < -0.3 is 10.6 Å². The minimum atomic E-state index is -3.20. The van der Waals surface area contributed by atoms with E-state index in [4.69, 9.17) is 0 Å². The molecule has 1 rings (SSSR count). The lowest BCUT2D eigenvalue weighted by Gasteiger charge is -2.17. The van der Waals surface area contributed by atoms with Gasteiger partial charge in [-0.2, -0.15) is 0 Å². The molecule has 1 unspecified atom stereocenters. The predicted octanol–water partition coefficient (Wildman–Crippen LogP) is 1.13. The van der Waals surface area contributed by atoms with Crippen molar-refractivity contribution in [1.29, 1.82) is 0 Å². The Kier molecular flexibility index (Phi) is 6.55. The van der Waals surface area contributed by atoms with Gasteiger partial charge in [0.25, 0.3) is 0 Å². The van der Waals surface area contributed by atoms with Gasteiger partial charge in [-0.3, -0.25) is 9.59 Å². The van der Waals surface area contributed by atoms with Crippen molar-refractivity contribution in [1.82, 2.24) is 5.32 Å². The SMILES string of the molecule is CCc1ccc(NC(=O)C(CCS(C)(=O)=O)NC(C)=O)cc1. The maximum atomic E-state index is 12.2. The number of amides is 2. The van der Waals surface area contributed by atoms with Crippen molar-refractivity contribution in [3.63, 3.8) is 0 Å². The minimum Gasteiger partial charge on any atom is -0.345 e. The fourth-order valence-corrected chi connectivity index (χ4v) is 2.56. The second-order valence-corrected chi connectivity index (χ2v) is 7.47. The number of benzene rings is 1. The third kappa shape index (κ3) is 6.71. The largest absolute Gasteiger partial charge is 0.345 e. The Balaban J connectivity index is 2.75. The number of nitrogens with one attached hydrogen (secondary N) is 2. The molecule has 22 heavy (non-hydrogen) atoms. The normalized spacial score (nSPS) is 12.5. The zero-order valence-electron chi connectivity index (χ0n) is 13.0. The van der Waals surface area contributed by atoms with Crippen LogP contribution in [0, 0.1) is 0 Å². The molecule has 0 bridgehead atoms. The number of anilines is 1. The van der Waals surface area contributed by atoms with Gasteiger partial charge in [0.15, 0.2) is 0 Å². The highest BCUT2D eigenvalue weighted by Gasteiger charge is 2.21. The summed E-state index contributed by atoms with van der Waals surface area (Å²) in [5.74, 6) is -0.974. The Labute approximate surface area is 131 Å². The quantitative estimate of drug-likeness (QED) is 0.785. The summed E-state index contributed by atoms with van der Waals surface area (Å²) >= 11 is 0. The molecule has 0 aliphatic rings. The molecule has 2 N–H and O–H groups in total. The monoisotopic (exact) mass is 326 g/mol. The molecule has 122 valence electrons. The van der Waals surface area contributed by atoms with E-state index in [1.807, 2.05) is 19.1 Å². The zero-order valence-corrected chi connectivity index (χ0v) is 13.9. The second-order valence-electron chi connectivity index (χ2n) is 5.21. The number of aryl methyl sites for hydroxylation is 1. The molecule has 6 nitrogen and oxygen atoms in total. The van der Waals surface area contributed by atoms with Crippen molar-refractivity contribution >= 4 is 27.3 Å². The summed E-state index contributed by atoms with van der Waals surface area (Å²) in [6, 6.07) is 6.48. The Hall–Kier alpha value is -1.89. The molecule has 1 aromatic rings. The number of carbonyl (C=O) groups is 2. The maximum absolute atomic E-state index is 12.2. The molecule has 0 fully saturated rings. The molecule has 0 saturated carbocycles. The van der Waals surface area contributed by atoms with Gasteiger partial charge in [0.1, 0.15) is 15.9 Å². The zero-order chi connectivity index (χ0) is 16.8. The topological polar surface area (TPSA) is 92.3 Å². The van der Waals surface area contributed by atoms with E-state index in [-0.39, 0.29) is 18.1 Å². The lowest BCUT2D eigenvalue weighted by molar-refractivity contribution is -0.125. The summed E-state index contributed by atoms with van der Waals surface area (Å²) < 4.78 is 22.5. The van der Waals surface area contributed by atoms with Gasteiger partial charge in [0, 0.05) is 18.9 Å². The third-order valence-electron chi connectivity index (χ3n) is 3.10. The predicted molar refractivity (Wildman–Crippen MR) is 86.4 cm³/mol. The fourth-order valence-electron chi connectivity index (χ4n) is 1.90. The van der Waals surface area contributed by atoms with E-state index in [2.05, 4.69) is 10.6 Å². The molecule has 0 saturated heterocycles. The van der Waals surface area contributed by atoms with Crippen LogP contribution < -0.4 is 10.6 Å². The maximum Gasteiger partial charge on any atom is 0.246 e. The first-order valence-corrected chi connectivity index (χ1v) is 9.12. The van der Waals surface area contributed by atoms with Gasteiger partial charge in [0.05, 0.1) is 5.75 Å². The lowest BCUT2D eigenvalue weighted by atomic mass is 10.1. The average Bonchev–Trinajstić information content (AvgIpc) is 2.43. The van der Waals surface area contributed by atoms with Crippen molar-refractivity contribution in [2.45, 2.75) is 32.7 Å². The molecule has 0 aromatic heterocycles. The van der Waals surface area contributed by atoms with Gasteiger partial charge in [-0.25, -0.2) is 8.42 Å². The molecule has 1 atom stereocenters. The van der Waals surface area contributed by atoms with E-state index < -0.39 is 21.8 Å².